The predicted molar refractivity (Wildman–Crippen MR) is 85.4 cm³/mol. The number of carbonyl (C=O) groups is 2. The summed E-state index contributed by atoms with van der Waals surface area (Å²) < 4.78 is 5.12. The third kappa shape index (κ3) is 4.97. The molecule has 0 aromatic rings. The molecule has 0 spiro atoms. The molecule has 2 rings (SSSR count). The molecule has 1 saturated heterocycles. The lowest BCUT2D eigenvalue weighted by atomic mass is 9.98. The van der Waals surface area contributed by atoms with E-state index in [1.807, 2.05) is 6.92 Å². The summed E-state index contributed by atoms with van der Waals surface area (Å²) in [6.45, 7) is 9.42. The van der Waals surface area contributed by atoms with Crippen LogP contribution in [0, 0.1) is 11.8 Å². The molecule has 2 aliphatic rings. The molecule has 1 aliphatic carbocycles. The highest BCUT2D eigenvalue weighted by molar-refractivity contribution is 5.79. The van der Waals surface area contributed by atoms with Gasteiger partial charge in [0, 0.05) is 19.1 Å². The Hall–Kier alpha value is -1.10. The number of hydrogen-bond acceptors (Lipinski definition) is 4. The fraction of sp³-hybridized carbons (Fsp3) is 0.882. The van der Waals surface area contributed by atoms with Crippen LogP contribution in [-0.2, 0) is 14.3 Å². The molecule has 0 radical (unpaired) electrons. The number of rotatable bonds is 7. The number of nitrogens with zero attached hydrogens (tertiary/aromatic N) is 2. The van der Waals surface area contributed by atoms with Crippen LogP contribution in [0.1, 0.15) is 46.5 Å². The normalized spacial score (nSPS) is 22.6. The molecule has 0 bridgehead atoms. The van der Waals surface area contributed by atoms with Crippen LogP contribution in [0.25, 0.3) is 0 Å². The summed E-state index contributed by atoms with van der Waals surface area (Å²) in [5, 5.41) is 0. The van der Waals surface area contributed by atoms with Crippen molar-refractivity contribution in [3.8, 4) is 0 Å². The lowest BCUT2D eigenvalue weighted by molar-refractivity contribution is -0.150. The Labute approximate surface area is 134 Å². The van der Waals surface area contributed by atoms with Gasteiger partial charge in [0.15, 0.2) is 0 Å². The van der Waals surface area contributed by atoms with E-state index in [0.29, 0.717) is 31.7 Å². The van der Waals surface area contributed by atoms with Gasteiger partial charge in [-0.2, -0.15) is 0 Å². The summed E-state index contributed by atoms with van der Waals surface area (Å²) in [7, 11) is 0. The number of likely N-dealkylation sites (tertiary alicyclic amines) is 1. The van der Waals surface area contributed by atoms with Gasteiger partial charge in [-0.25, -0.2) is 0 Å². The van der Waals surface area contributed by atoms with Gasteiger partial charge in [0.25, 0.3) is 0 Å². The highest BCUT2D eigenvalue weighted by Gasteiger charge is 2.34. The summed E-state index contributed by atoms with van der Waals surface area (Å²) >= 11 is 0. The molecule has 0 N–H and O–H groups in total. The number of amides is 1. The Morgan fingerprint density at radius 3 is 2.59 bits per heavy atom. The molecule has 1 amide bonds. The monoisotopic (exact) mass is 310 g/mol. The molecule has 2 fully saturated rings. The lowest BCUT2D eigenvalue weighted by Crippen LogP contribution is -2.47. The van der Waals surface area contributed by atoms with Crippen molar-refractivity contribution in [2.24, 2.45) is 11.8 Å². The number of esters is 1. The smallest absolute Gasteiger partial charge is 0.310 e. The zero-order valence-corrected chi connectivity index (χ0v) is 14.2. The first kappa shape index (κ1) is 17.3. The van der Waals surface area contributed by atoms with Crippen molar-refractivity contribution in [2.75, 3.05) is 32.8 Å². The van der Waals surface area contributed by atoms with Crippen molar-refractivity contribution in [3.63, 3.8) is 0 Å². The third-order valence-corrected chi connectivity index (χ3v) is 4.35. The van der Waals surface area contributed by atoms with Gasteiger partial charge in [0.2, 0.25) is 5.91 Å². The van der Waals surface area contributed by atoms with Crippen molar-refractivity contribution in [1.82, 2.24) is 9.80 Å². The van der Waals surface area contributed by atoms with Gasteiger partial charge < -0.3 is 9.64 Å². The fourth-order valence-corrected chi connectivity index (χ4v) is 3.17. The molecule has 1 unspecified atom stereocenters. The first-order valence-corrected chi connectivity index (χ1v) is 8.69. The molecular weight excluding hydrogens is 280 g/mol. The minimum absolute atomic E-state index is 0.0685. The van der Waals surface area contributed by atoms with E-state index in [0.717, 1.165) is 38.8 Å². The van der Waals surface area contributed by atoms with Crippen LogP contribution < -0.4 is 0 Å². The van der Waals surface area contributed by atoms with E-state index in [4.69, 9.17) is 4.74 Å². The van der Waals surface area contributed by atoms with Crippen LogP contribution in [-0.4, -0.2) is 60.5 Å². The zero-order valence-electron chi connectivity index (χ0n) is 14.2. The first-order chi connectivity index (χ1) is 10.5. The van der Waals surface area contributed by atoms with Crippen molar-refractivity contribution in [3.05, 3.63) is 0 Å². The van der Waals surface area contributed by atoms with E-state index in [-0.39, 0.29) is 17.8 Å². The number of hydrogen-bond donors (Lipinski definition) is 0. The summed E-state index contributed by atoms with van der Waals surface area (Å²) in [4.78, 5) is 28.7. The van der Waals surface area contributed by atoms with Crippen LogP contribution >= 0.6 is 0 Å². The molecule has 5 nitrogen and oxygen atoms in total. The van der Waals surface area contributed by atoms with Gasteiger partial charge in [-0.3, -0.25) is 14.5 Å². The standard InChI is InChI=1S/C17H30N2O3/c1-4-22-17(21)14-6-5-9-18(11-14)12-16(20)19(10-13(2)3)15-7-8-15/h13-15H,4-12H2,1-3H3. The maximum atomic E-state index is 12.6. The van der Waals surface area contributed by atoms with Crippen LogP contribution in [0.3, 0.4) is 0 Å². The van der Waals surface area contributed by atoms with E-state index in [1.54, 1.807) is 0 Å². The van der Waals surface area contributed by atoms with Crippen molar-refractivity contribution < 1.29 is 14.3 Å². The Bertz CT molecular complexity index is 393. The number of ether oxygens (including phenoxy) is 1. The van der Waals surface area contributed by atoms with Gasteiger partial charge >= 0.3 is 5.97 Å². The van der Waals surface area contributed by atoms with E-state index in [9.17, 15) is 9.59 Å². The second kappa shape index (κ2) is 7.95. The van der Waals surface area contributed by atoms with Crippen molar-refractivity contribution in [1.29, 1.82) is 0 Å². The van der Waals surface area contributed by atoms with Gasteiger partial charge in [-0.15, -0.1) is 0 Å². The highest BCUT2D eigenvalue weighted by Crippen LogP contribution is 2.28. The van der Waals surface area contributed by atoms with Crippen LogP contribution in [0.4, 0.5) is 0 Å². The van der Waals surface area contributed by atoms with Gasteiger partial charge in [-0.1, -0.05) is 13.8 Å². The lowest BCUT2D eigenvalue weighted by Gasteiger charge is -2.33. The average molecular weight is 310 g/mol. The van der Waals surface area contributed by atoms with E-state index in [1.165, 1.54) is 0 Å². The fourth-order valence-electron chi connectivity index (χ4n) is 3.17. The van der Waals surface area contributed by atoms with Gasteiger partial charge in [0.05, 0.1) is 19.1 Å². The third-order valence-electron chi connectivity index (χ3n) is 4.35. The molecule has 1 heterocycles. The topological polar surface area (TPSA) is 49.9 Å². The van der Waals surface area contributed by atoms with Crippen LogP contribution in [0.2, 0.25) is 0 Å². The van der Waals surface area contributed by atoms with E-state index < -0.39 is 0 Å². The maximum absolute atomic E-state index is 12.6. The van der Waals surface area contributed by atoms with Gasteiger partial charge in [-0.05, 0) is 45.1 Å². The summed E-state index contributed by atoms with van der Waals surface area (Å²) in [6, 6.07) is 0.459. The second-order valence-electron chi connectivity index (χ2n) is 7.00. The Morgan fingerprint density at radius 2 is 2.00 bits per heavy atom. The minimum Gasteiger partial charge on any atom is -0.466 e. The minimum atomic E-state index is -0.110. The van der Waals surface area contributed by atoms with Crippen molar-refractivity contribution >= 4 is 11.9 Å². The van der Waals surface area contributed by atoms with Crippen molar-refractivity contribution in [2.45, 2.75) is 52.5 Å². The summed E-state index contributed by atoms with van der Waals surface area (Å²) in [6.07, 6.45) is 4.13. The molecule has 0 aromatic heterocycles. The molecule has 5 heteroatoms. The SMILES string of the molecule is CCOC(=O)C1CCCN(CC(=O)N(CC(C)C)C2CC2)C1. The molecule has 1 aliphatic heterocycles. The van der Waals surface area contributed by atoms with E-state index in [2.05, 4.69) is 23.6 Å². The number of carbonyl (C=O) groups excluding carboxylic acids is 2. The molecule has 126 valence electrons. The quantitative estimate of drug-likeness (QED) is 0.674. The highest BCUT2D eigenvalue weighted by atomic mass is 16.5. The Balaban J connectivity index is 1.85. The average Bonchev–Trinajstić information content (AvgIpc) is 3.29. The summed E-state index contributed by atoms with van der Waals surface area (Å²) in [5.74, 6) is 0.542. The molecule has 1 saturated carbocycles. The van der Waals surface area contributed by atoms with Crippen LogP contribution in [0.5, 0.6) is 0 Å². The molecular formula is C17H30N2O3. The number of piperidine rings is 1. The first-order valence-electron chi connectivity index (χ1n) is 8.69. The van der Waals surface area contributed by atoms with E-state index >= 15 is 0 Å². The summed E-state index contributed by atoms with van der Waals surface area (Å²) in [5.41, 5.74) is 0. The maximum Gasteiger partial charge on any atom is 0.310 e. The Kier molecular flexibility index (Phi) is 6.24. The predicted octanol–water partition coefficient (Wildman–Crippen LogP) is 1.91. The van der Waals surface area contributed by atoms with Crippen LogP contribution in [0.15, 0.2) is 0 Å². The largest absolute Gasteiger partial charge is 0.466 e. The molecule has 1 atom stereocenters. The molecule has 22 heavy (non-hydrogen) atoms. The molecule has 0 aromatic carbocycles. The zero-order chi connectivity index (χ0) is 16.1. The Morgan fingerprint density at radius 1 is 1.27 bits per heavy atom. The van der Waals surface area contributed by atoms with Gasteiger partial charge in [0.1, 0.15) is 0 Å². The second-order valence-corrected chi connectivity index (χ2v) is 7.00.